The van der Waals surface area contributed by atoms with Gasteiger partial charge in [-0.1, -0.05) is 56.5 Å². The average molecular weight is 311 g/mol. The number of halogens is 1. The molecule has 1 aliphatic carbocycles. The number of amides is 1. The first kappa shape index (κ1) is 18.0. The van der Waals surface area contributed by atoms with Gasteiger partial charge in [0.1, 0.15) is 0 Å². The SMILES string of the molecule is CCC1CCCC(NC(=O)[C@@H](N)Cc2ccccc2)C1.Cl. The van der Waals surface area contributed by atoms with Gasteiger partial charge in [-0.15, -0.1) is 12.4 Å². The van der Waals surface area contributed by atoms with E-state index < -0.39 is 6.04 Å². The number of nitrogens with one attached hydrogen (secondary N) is 1. The Hall–Kier alpha value is -1.06. The summed E-state index contributed by atoms with van der Waals surface area (Å²) in [4.78, 5) is 12.2. The Morgan fingerprint density at radius 1 is 1.33 bits per heavy atom. The molecule has 1 aromatic rings. The van der Waals surface area contributed by atoms with E-state index in [0.717, 1.165) is 24.3 Å². The molecule has 1 aromatic carbocycles. The molecule has 0 saturated heterocycles. The monoisotopic (exact) mass is 310 g/mol. The van der Waals surface area contributed by atoms with Gasteiger partial charge in [-0.3, -0.25) is 4.79 Å². The van der Waals surface area contributed by atoms with Gasteiger partial charge in [0, 0.05) is 6.04 Å². The summed E-state index contributed by atoms with van der Waals surface area (Å²) in [6.07, 6.45) is 6.55. The first-order valence-corrected chi connectivity index (χ1v) is 7.79. The largest absolute Gasteiger partial charge is 0.352 e. The molecule has 3 nitrogen and oxygen atoms in total. The van der Waals surface area contributed by atoms with E-state index in [-0.39, 0.29) is 18.3 Å². The second-order valence-electron chi connectivity index (χ2n) is 5.94. The molecule has 0 radical (unpaired) electrons. The van der Waals surface area contributed by atoms with Crippen LogP contribution < -0.4 is 11.1 Å². The molecule has 4 heteroatoms. The summed E-state index contributed by atoms with van der Waals surface area (Å²) in [5, 5.41) is 3.14. The molecule has 1 fully saturated rings. The lowest BCUT2D eigenvalue weighted by molar-refractivity contribution is -0.123. The molecule has 1 aliphatic rings. The van der Waals surface area contributed by atoms with E-state index in [0.29, 0.717) is 12.5 Å². The maximum absolute atomic E-state index is 12.2. The van der Waals surface area contributed by atoms with Crippen molar-refractivity contribution in [3.05, 3.63) is 35.9 Å². The molecule has 0 spiro atoms. The second-order valence-corrected chi connectivity index (χ2v) is 5.94. The van der Waals surface area contributed by atoms with Crippen molar-refractivity contribution in [1.82, 2.24) is 5.32 Å². The van der Waals surface area contributed by atoms with Crippen LogP contribution in [0.4, 0.5) is 0 Å². The van der Waals surface area contributed by atoms with E-state index >= 15 is 0 Å². The highest BCUT2D eigenvalue weighted by molar-refractivity contribution is 5.85. The summed E-state index contributed by atoms with van der Waals surface area (Å²) < 4.78 is 0. The zero-order valence-corrected chi connectivity index (χ0v) is 13.6. The summed E-state index contributed by atoms with van der Waals surface area (Å²) in [5.41, 5.74) is 7.14. The second kappa shape index (κ2) is 9.06. The van der Waals surface area contributed by atoms with Gasteiger partial charge in [0.05, 0.1) is 6.04 Å². The summed E-state index contributed by atoms with van der Waals surface area (Å²) in [5.74, 6) is 0.759. The summed E-state index contributed by atoms with van der Waals surface area (Å²) in [6.45, 7) is 2.23. The molecule has 0 aromatic heterocycles. The normalized spacial score (nSPS) is 23.0. The Morgan fingerprint density at radius 2 is 2.05 bits per heavy atom. The molecule has 0 aliphatic heterocycles. The highest BCUT2D eigenvalue weighted by atomic mass is 35.5. The van der Waals surface area contributed by atoms with Crippen LogP contribution in [0.2, 0.25) is 0 Å². The van der Waals surface area contributed by atoms with Crippen molar-refractivity contribution in [2.45, 2.75) is 57.5 Å². The molecule has 118 valence electrons. The molecule has 0 heterocycles. The molecule has 3 atom stereocenters. The van der Waals surface area contributed by atoms with Crippen molar-refractivity contribution >= 4 is 18.3 Å². The van der Waals surface area contributed by atoms with Crippen molar-refractivity contribution in [3.63, 3.8) is 0 Å². The fraction of sp³-hybridized carbons (Fsp3) is 0.588. The molecule has 3 N–H and O–H groups in total. The molecule has 2 rings (SSSR count). The Balaban J connectivity index is 0.00000220. The van der Waals surface area contributed by atoms with E-state index in [1.54, 1.807) is 0 Å². The highest BCUT2D eigenvalue weighted by Gasteiger charge is 2.24. The maximum Gasteiger partial charge on any atom is 0.237 e. The van der Waals surface area contributed by atoms with Crippen molar-refractivity contribution in [2.24, 2.45) is 11.7 Å². The Morgan fingerprint density at radius 3 is 2.71 bits per heavy atom. The van der Waals surface area contributed by atoms with E-state index in [1.807, 2.05) is 30.3 Å². The van der Waals surface area contributed by atoms with Crippen LogP contribution in [0.15, 0.2) is 30.3 Å². The summed E-state index contributed by atoms with van der Waals surface area (Å²) in [6, 6.07) is 9.84. The number of carbonyl (C=O) groups is 1. The number of rotatable bonds is 5. The van der Waals surface area contributed by atoms with Crippen molar-refractivity contribution in [1.29, 1.82) is 0 Å². The van der Waals surface area contributed by atoms with Gasteiger partial charge in [0.15, 0.2) is 0 Å². The molecule has 21 heavy (non-hydrogen) atoms. The Bertz CT molecular complexity index is 424. The fourth-order valence-electron chi connectivity index (χ4n) is 3.06. The number of carbonyl (C=O) groups excluding carboxylic acids is 1. The number of hydrogen-bond acceptors (Lipinski definition) is 2. The van der Waals surface area contributed by atoms with Crippen LogP contribution >= 0.6 is 12.4 Å². The molecule has 2 unspecified atom stereocenters. The third kappa shape index (κ3) is 5.68. The summed E-state index contributed by atoms with van der Waals surface area (Å²) >= 11 is 0. The van der Waals surface area contributed by atoms with Crippen LogP contribution in [0.1, 0.15) is 44.6 Å². The van der Waals surface area contributed by atoms with Crippen molar-refractivity contribution in [3.8, 4) is 0 Å². The van der Waals surface area contributed by atoms with Crippen LogP contribution in [-0.2, 0) is 11.2 Å². The average Bonchev–Trinajstić information content (AvgIpc) is 2.48. The molecular weight excluding hydrogens is 284 g/mol. The number of benzene rings is 1. The van der Waals surface area contributed by atoms with Gasteiger partial charge in [-0.2, -0.15) is 0 Å². The lowest BCUT2D eigenvalue weighted by atomic mass is 9.84. The number of hydrogen-bond donors (Lipinski definition) is 2. The van der Waals surface area contributed by atoms with Crippen LogP contribution in [0, 0.1) is 5.92 Å². The Labute approximate surface area is 134 Å². The first-order valence-electron chi connectivity index (χ1n) is 7.79. The topological polar surface area (TPSA) is 55.1 Å². The van der Waals surface area contributed by atoms with Gasteiger partial charge in [0.25, 0.3) is 0 Å². The van der Waals surface area contributed by atoms with E-state index in [9.17, 15) is 4.79 Å². The van der Waals surface area contributed by atoms with Crippen LogP contribution in [0.3, 0.4) is 0 Å². The van der Waals surface area contributed by atoms with E-state index in [1.165, 1.54) is 19.3 Å². The highest BCUT2D eigenvalue weighted by Crippen LogP contribution is 2.26. The molecular formula is C17H27ClN2O. The van der Waals surface area contributed by atoms with Gasteiger partial charge < -0.3 is 11.1 Å². The fourth-order valence-corrected chi connectivity index (χ4v) is 3.06. The third-order valence-corrected chi connectivity index (χ3v) is 4.34. The summed E-state index contributed by atoms with van der Waals surface area (Å²) in [7, 11) is 0. The van der Waals surface area contributed by atoms with Gasteiger partial charge >= 0.3 is 0 Å². The van der Waals surface area contributed by atoms with E-state index in [2.05, 4.69) is 12.2 Å². The van der Waals surface area contributed by atoms with Gasteiger partial charge in [0.2, 0.25) is 5.91 Å². The zero-order valence-electron chi connectivity index (χ0n) is 12.8. The molecule has 1 amide bonds. The van der Waals surface area contributed by atoms with E-state index in [4.69, 9.17) is 5.73 Å². The van der Waals surface area contributed by atoms with Crippen molar-refractivity contribution in [2.75, 3.05) is 0 Å². The first-order chi connectivity index (χ1) is 9.69. The zero-order chi connectivity index (χ0) is 14.4. The quantitative estimate of drug-likeness (QED) is 0.878. The predicted octanol–water partition coefficient (Wildman–Crippen LogP) is 3.06. The van der Waals surface area contributed by atoms with Gasteiger partial charge in [-0.05, 0) is 30.7 Å². The van der Waals surface area contributed by atoms with Gasteiger partial charge in [-0.25, -0.2) is 0 Å². The maximum atomic E-state index is 12.2. The molecule has 1 saturated carbocycles. The van der Waals surface area contributed by atoms with Crippen LogP contribution in [0.25, 0.3) is 0 Å². The van der Waals surface area contributed by atoms with Crippen molar-refractivity contribution < 1.29 is 4.79 Å². The standard InChI is InChI=1S/C17H26N2O.ClH/c1-2-13-9-6-10-15(11-13)19-17(20)16(18)12-14-7-4-3-5-8-14;/h3-5,7-8,13,15-16H,2,6,9-12,18H2,1H3,(H,19,20);1H/t13?,15?,16-;/m0./s1. The minimum atomic E-state index is -0.445. The smallest absolute Gasteiger partial charge is 0.237 e. The lowest BCUT2D eigenvalue weighted by Crippen LogP contribution is -2.47. The third-order valence-electron chi connectivity index (χ3n) is 4.34. The number of nitrogens with two attached hydrogens (primary N) is 1. The predicted molar refractivity (Wildman–Crippen MR) is 89.5 cm³/mol. The Kier molecular flexibility index (Phi) is 7.76. The minimum Gasteiger partial charge on any atom is -0.352 e. The lowest BCUT2D eigenvalue weighted by Gasteiger charge is -2.29. The minimum absolute atomic E-state index is 0. The van der Waals surface area contributed by atoms with Crippen LogP contribution in [-0.4, -0.2) is 18.0 Å². The van der Waals surface area contributed by atoms with Crippen LogP contribution in [0.5, 0.6) is 0 Å². The molecule has 0 bridgehead atoms.